The minimum atomic E-state index is -4.44. The van der Waals surface area contributed by atoms with E-state index in [1.54, 1.807) is 12.1 Å². The maximum atomic E-state index is 13.6. The molecule has 24 heavy (non-hydrogen) atoms. The fourth-order valence-electron chi connectivity index (χ4n) is 3.99. The lowest BCUT2D eigenvalue weighted by Gasteiger charge is -2.30. The average molecular weight is 362 g/mol. The molecule has 0 aromatic heterocycles. The highest BCUT2D eigenvalue weighted by atomic mass is 32.2. The summed E-state index contributed by atoms with van der Waals surface area (Å²) in [7, 11) is -4.02. The molecule has 0 unspecified atom stereocenters. The first kappa shape index (κ1) is 16.2. The molecule has 0 spiro atoms. The first-order chi connectivity index (χ1) is 11.3. The zero-order valence-electron chi connectivity index (χ0n) is 12.8. The predicted octanol–water partition coefficient (Wildman–Crippen LogP) is 1.39. The van der Waals surface area contributed by atoms with Gasteiger partial charge in [-0.2, -0.15) is 17.5 Å². The second kappa shape index (κ2) is 5.09. The molecule has 0 saturated carbocycles. The molecule has 1 aromatic rings. The number of halogens is 3. The van der Waals surface area contributed by atoms with E-state index in [9.17, 15) is 21.6 Å². The molecular formula is C15H17F3N2O3S. The van der Waals surface area contributed by atoms with Crippen molar-refractivity contribution in [3.63, 3.8) is 0 Å². The van der Waals surface area contributed by atoms with E-state index in [0.29, 0.717) is 13.0 Å². The van der Waals surface area contributed by atoms with E-state index in [2.05, 4.69) is 5.32 Å². The van der Waals surface area contributed by atoms with Crippen LogP contribution in [0.5, 0.6) is 5.75 Å². The topological polar surface area (TPSA) is 58.6 Å². The summed E-state index contributed by atoms with van der Waals surface area (Å²) >= 11 is 0. The highest BCUT2D eigenvalue weighted by molar-refractivity contribution is 7.89. The van der Waals surface area contributed by atoms with Gasteiger partial charge in [0.05, 0.1) is 12.0 Å². The van der Waals surface area contributed by atoms with Crippen molar-refractivity contribution in [2.75, 3.05) is 32.8 Å². The minimum Gasteiger partial charge on any atom is -0.492 e. The van der Waals surface area contributed by atoms with Crippen LogP contribution in [0, 0.1) is 11.3 Å². The Kier molecular flexibility index (Phi) is 3.43. The molecule has 0 amide bonds. The lowest BCUT2D eigenvalue weighted by atomic mass is 9.80. The Bertz CT molecular complexity index is 781. The zero-order chi connectivity index (χ0) is 17.2. The van der Waals surface area contributed by atoms with Gasteiger partial charge in [0.1, 0.15) is 10.6 Å². The van der Waals surface area contributed by atoms with Crippen molar-refractivity contribution in [2.24, 2.45) is 11.3 Å². The van der Waals surface area contributed by atoms with E-state index in [1.807, 2.05) is 0 Å². The van der Waals surface area contributed by atoms with Crippen molar-refractivity contribution in [2.45, 2.75) is 17.5 Å². The SMILES string of the molecule is O=S(=O)(c1cccc2c1OCC2)N1C[C@@H]2CNC[C@]2(C(F)(F)F)C1. The molecule has 132 valence electrons. The Balaban J connectivity index is 1.72. The lowest BCUT2D eigenvalue weighted by molar-refractivity contribution is -0.220. The van der Waals surface area contributed by atoms with E-state index >= 15 is 0 Å². The number of sulfonamides is 1. The van der Waals surface area contributed by atoms with Crippen molar-refractivity contribution in [1.82, 2.24) is 9.62 Å². The first-order valence-corrected chi connectivity index (χ1v) is 9.22. The third-order valence-electron chi connectivity index (χ3n) is 5.36. The van der Waals surface area contributed by atoms with Crippen LogP contribution in [0.3, 0.4) is 0 Å². The molecule has 0 aliphatic carbocycles. The van der Waals surface area contributed by atoms with E-state index in [4.69, 9.17) is 4.74 Å². The number of hydrogen-bond acceptors (Lipinski definition) is 4. The van der Waals surface area contributed by atoms with Gasteiger partial charge in [0.15, 0.2) is 0 Å². The van der Waals surface area contributed by atoms with Crippen LogP contribution in [-0.2, 0) is 16.4 Å². The molecule has 9 heteroatoms. The quantitative estimate of drug-likeness (QED) is 0.864. The number of para-hydroxylation sites is 1. The third kappa shape index (κ3) is 2.11. The Morgan fingerprint density at radius 3 is 2.83 bits per heavy atom. The number of ether oxygens (including phenoxy) is 1. The van der Waals surface area contributed by atoms with Gasteiger partial charge in [-0.1, -0.05) is 12.1 Å². The molecule has 2 atom stereocenters. The van der Waals surface area contributed by atoms with Gasteiger partial charge in [-0.15, -0.1) is 0 Å². The summed E-state index contributed by atoms with van der Waals surface area (Å²) in [6.45, 7) is -0.342. The predicted molar refractivity (Wildman–Crippen MR) is 79.2 cm³/mol. The molecule has 2 fully saturated rings. The van der Waals surface area contributed by atoms with Gasteiger partial charge in [0.2, 0.25) is 10.0 Å². The summed E-state index contributed by atoms with van der Waals surface area (Å²) in [6.07, 6.45) is -3.84. The lowest BCUT2D eigenvalue weighted by Crippen LogP contribution is -2.46. The van der Waals surface area contributed by atoms with Crippen LogP contribution in [-0.4, -0.2) is 51.7 Å². The molecule has 5 nitrogen and oxygen atoms in total. The second-order valence-electron chi connectivity index (χ2n) is 6.62. The standard InChI is InChI=1S/C15H17F3N2O3S/c16-15(17,18)14-8-19-6-11(14)7-20(9-14)24(21,22)12-3-1-2-10-4-5-23-13(10)12/h1-3,11,19H,4-9H2/t11-,14-/m0/s1. The largest absolute Gasteiger partial charge is 0.492 e. The van der Waals surface area contributed by atoms with Crippen LogP contribution in [0.4, 0.5) is 13.2 Å². The van der Waals surface area contributed by atoms with Crippen LogP contribution in [0.2, 0.25) is 0 Å². The highest BCUT2D eigenvalue weighted by Crippen LogP contribution is 2.52. The van der Waals surface area contributed by atoms with Crippen molar-refractivity contribution < 1.29 is 26.3 Å². The molecule has 1 N–H and O–H groups in total. The monoisotopic (exact) mass is 362 g/mol. The normalized spacial score (nSPS) is 30.2. The number of hydrogen-bond donors (Lipinski definition) is 1. The summed E-state index contributed by atoms with van der Waals surface area (Å²) in [5.41, 5.74) is -1.22. The number of rotatable bonds is 2. The van der Waals surface area contributed by atoms with Crippen molar-refractivity contribution in [3.8, 4) is 5.75 Å². The van der Waals surface area contributed by atoms with E-state index in [0.717, 1.165) is 9.87 Å². The smallest absolute Gasteiger partial charge is 0.397 e. The van der Waals surface area contributed by atoms with Gasteiger partial charge < -0.3 is 10.1 Å². The molecule has 3 aliphatic rings. The molecule has 0 radical (unpaired) electrons. The Morgan fingerprint density at radius 2 is 2.12 bits per heavy atom. The van der Waals surface area contributed by atoms with Crippen molar-refractivity contribution in [1.29, 1.82) is 0 Å². The van der Waals surface area contributed by atoms with Gasteiger partial charge in [0.25, 0.3) is 0 Å². The zero-order valence-corrected chi connectivity index (χ0v) is 13.6. The van der Waals surface area contributed by atoms with Crippen LogP contribution >= 0.6 is 0 Å². The first-order valence-electron chi connectivity index (χ1n) is 7.78. The third-order valence-corrected chi connectivity index (χ3v) is 7.19. The van der Waals surface area contributed by atoms with E-state index < -0.39 is 34.1 Å². The maximum absolute atomic E-state index is 13.6. The molecule has 0 bridgehead atoms. The van der Waals surface area contributed by atoms with Gasteiger partial charge in [-0.25, -0.2) is 8.42 Å². The number of benzene rings is 1. The number of fused-ring (bicyclic) bond motifs is 2. The fourth-order valence-corrected chi connectivity index (χ4v) is 5.72. The van der Waals surface area contributed by atoms with Crippen molar-refractivity contribution >= 4 is 10.0 Å². The fraction of sp³-hybridized carbons (Fsp3) is 0.600. The second-order valence-corrected chi connectivity index (χ2v) is 8.53. The summed E-state index contributed by atoms with van der Waals surface area (Å²) in [4.78, 5) is -0.0252. The average Bonchev–Trinajstić information content (AvgIpc) is 3.19. The maximum Gasteiger partial charge on any atom is 0.397 e. The summed E-state index contributed by atoms with van der Waals surface area (Å²) in [5.74, 6) is -0.473. The molecule has 3 aliphatic heterocycles. The summed E-state index contributed by atoms with van der Waals surface area (Å²) in [5, 5.41) is 2.76. The summed E-state index contributed by atoms with van der Waals surface area (Å²) < 4.78 is 73.1. The van der Waals surface area contributed by atoms with Gasteiger partial charge in [-0.05, 0) is 11.6 Å². The highest BCUT2D eigenvalue weighted by Gasteiger charge is 2.66. The Labute approximate surface area is 137 Å². The molecule has 3 heterocycles. The van der Waals surface area contributed by atoms with Crippen molar-refractivity contribution in [3.05, 3.63) is 23.8 Å². The number of nitrogens with one attached hydrogen (secondary N) is 1. The number of alkyl halides is 3. The van der Waals surface area contributed by atoms with Crippen LogP contribution in [0.25, 0.3) is 0 Å². The van der Waals surface area contributed by atoms with E-state index in [1.165, 1.54) is 6.07 Å². The molecular weight excluding hydrogens is 345 g/mol. The molecule has 1 aromatic carbocycles. The minimum absolute atomic E-state index is 0.0252. The van der Waals surface area contributed by atoms with Crippen LogP contribution in [0.1, 0.15) is 5.56 Å². The van der Waals surface area contributed by atoms with Gasteiger partial charge in [0, 0.05) is 38.5 Å². The van der Waals surface area contributed by atoms with Crippen LogP contribution < -0.4 is 10.1 Å². The van der Waals surface area contributed by atoms with Gasteiger partial charge >= 0.3 is 6.18 Å². The van der Waals surface area contributed by atoms with Crippen LogP contribution in [0.15, 0.2) is 23.1 Å². The van der Waals surface area contributed by atoms with E-state index in [-0.39, 0.29) is 30.3 Å². The van der Waals surface area contributed by atoms with Gasteiger partial charge in [-0.3, -0.25) is 0 Å². The molecule has 4 rings (SSSR count). The molecule has 2 saturated heterocycles. The Morgan fingerprint density at radius 1 is 1.33 bits per heavy atom. The number of nitrogens with zero attached hydrogens (tertiary/aromatic N) is 1. The Hall–Kier alpha value is -1.32. The summed E-state index contributed by atoms with van der Waals surface area (Å²) in [6, 6.07) is 4.80.